The molecule has 22 heavy (non-hydrogen) atoms. The number of piperazine rings is 1. The zero-order valence-electron chi connectivity index (χ0n) is 12.3. The summed E-state index contributed by atoms with van der Waals surface area (Å²) in [6, 6.07) is 7.09. The normalized spacial score (nSPS) is 15.0. The number of rotatable bonds is 2. The summed E-state index contributed by atoms with van der Waals surface area (Å²) in [5.41, 5.74) is 0.718. The quantitative estimate of drug-likeness (QED) is 0.913. The fourth-order valence-corrected chi connectivity index (χ4v) is 3.36. The number of carbonyl (C=O) groups excluding carboxylic acids is 1. The van der Waals surface area contributed by atoms with Gasteiger partial charge in [-0.15, -0.1) is 11.3 Å². The van der Waals surface area contributed by atoms with Crippen LogP contribution in [0, 0.1) is 6.92 Å². The van der Waals surface area contributed by atoms with Crippen molar-refractivity contribution >= 4 is 39.8 Å². The molecule has 2 heterocycles. The van der Waals surface area contributed by atoms with Gasteiger partial charge in [-0.1, -0.05) is 17.7 Å². The van der Waals surface area contributed by atoms with Crippen molar-refractivity contribution in [3.05, 3.63) is 40.4 Å². The Balaban J connectivity index is 1.55. The molecule has 1 aliphatic rings. The van der Waals surface area contributed by atoms with E-state index in [1.54, 1.807) is 23.5 Å². The molecule has 0 radical (unpaired) electrons. The molecule has 0 bridgehead atoms. The van der Waals surface area contributed by atoms with Crippen molar-refractivity contribution in [3.63, 3.8) is 0 Å². The predicted molar refractivity (Wildman–Crippen MR) is 91.1 cm³/mol. The van der Waals surface area contributed by atoms with E-state index >= 15 is 0 Å². The number of nitrogens with one attached hydrogen (secondary N) is 1. The van der Waals surface area contributed by atoms with Crippen molar-refractivity contribution in [2.24, 2.45) is 0 Å². The molecule has 0 unspecified atom stereocenters. The number of urea groups is 1. The summed E-state index contributed by atoms with van der Waals surface area (Å²) in [5.74, 6) is 0. The summed E-state index contributed by atoms with van der Waals surface area (Å²) in [6.45, 7) is 5.03. The molecule has 0 atom stereocenters. The van der Waals surface area contributed by atoms with Crippen molar-refractivity contribution in [1.82, 2.24) is 9.88 Å². The minimum absolute atomic E-state index is 0.0859. The van der Waals surface area contributed by atoms with Crippen molar-refractivity contribution < 1.29 is 4.79 Å². The molecule has 1 N–H and O–H groups in total. The monoisotopic (exact) mass is 336 g/mol. The molecule has 0 aliphatic carbocycles. The highest BCUT2D eigenvalue weighted by Crippen LogP contribution is 2.23. The largest absolute Gasteiger partial charge is 0.345 e. The molecule has 2 amide bonds. The van der Waals surface area contributed by atoms with Gasteiger partial charge in [0.15, 0.2) is 5.13 Å². The average molecular weight is 337 g/mol. The second kappa shape index (κ2) is 6.54. The van der Waals surface area contributed by atoms with Crippen LogP contribution in [0.1, 0.15) is 4.88 Å². The number of thiazole rings is 1. The molecule has 0 saturated carbocycles. The van der Waals surface area contributed by atoms with Crippen LogP contribution >= 0.6 is 22.9 Å². The first-order valence-electron chi connectivity index (χ1n) is 7.11. The minimum atomic E-state index is -0.0859. The SMILES string of the molecule is Cc1cnc(N2CCN(C(=O)Nc3cccc(Cl)c3)CC2)s1. The highest BCUT2D eigenvalue weighted by atomic mass is 35.5. The Hall–Kier alpha value is -1.79. The van der Waals surface area contributed by atoms with Crippen LogP contribution in [0.15, 0.2) is 30.5 Å². The molecule has 1 aromatic heterocycles. The van der Waals surface area contributed by atoms with E-state index in [1.165, 1.54) is 4.88 Å². The van der Waals surface area contributed by atoms with Crippen molar-refractivity contribution in [2.45, 2.75) is 6.92 Å². The molecule has 1 aliphatic heterocycles. The van der Waals surface area contributed by atoms with Gasteiger partial charge in [0.05, 0.1) is 0 Å². The molecule has 3 rings (SSSR count). The van der Waals surface area contributed by atoms with Crippen LogP contribution in [-0.2, 0) is 0 Å². The number of aromatic nitrogens is 1. The third-order valence-corrected chi connectivity index (χ3v) is 4.73. The smallest absolute Gasteiger partial charge is 0.321 e. The number of aryl methyl sites for hydroxylation is 1. The standard InChI is InChI=1S/C15H17ClN4OS/c1-11-10-17-15(22-11)20-7-5-19(6-8-20)14(21)18-13-4-2-3-12(16)9-13/h2-4,9-10H,5-8H2,1H3,(H,18,21). The summed E-state index contributed by atoms with van der Waals surface area (Å²) < 4.78 is 0. The topological polar surface area (TPSA) is 48.5 Å². The molecule has 116 valence electrons. The molecule has 5 nitrogen and oxygen atoms in total. The molecular formula is C15H17ClN4OS. The van der Waals surface area contributed by atoms with Crippen LogP contribution < -0.4 is 10.2 Å². The number of carbonyl (C=O) groups is 1. The van der Waals surface area contributed by atoms with Gasteiger partial charge in [0.2, 0.25) is 0 Å². The maximum absolute atomic E-state index is 12.3. The van der Waals surface area contributed by atoms with E-state index in [4.69, 9.17) is 11.6 Å². The van der Waals surface area contributed by atoms with Crippen LogP contribution in [0.3, 0.4) is 0 Å². The number of benzene rings is 1. The molecule has 1 aromatic carbocycles. The first-order valence-corrected chi connectivity index (χ1v) is 8.30. The van der Waals surface area contributed by atoms with Gasteiger partial charge in [-0.05, 0) is 25.1 Å². The zero-order valence-corrected chi connectivity index (χ0v) is 13.8. The average Bonchev–Trinajstić information content (AvgIpc) is 2.94. The van der Waals surface area contributed by atoms with Crippen LogP contribution in [0.5, 0.6) is 0 Å². The van der Waals surface area contributed by atoms with Gasteiger partial charge in [-0.2, -0.15) is 0 Å². The minimum Gasteiger partial charge on any atom is -0.345 e. The van der Waals surface area contributed by atoms with Crippen LogP contribution in [0.4, 0.5) is 15.6 Å². The first kappa shape index (κ1) is 15.1. The summed E-state index contributed by atoms with van der Waals surface area (Å²) in [7, 11) is 0. The van der Waals surface area contributed by atoms with Gasteiger partial charge in [0.25, 0.3) is 0 Å². The lowest BCUT2D eigenvalue weighted by atomic mass is 10.3. The summed E-state index contributed by atoms with van der Waals surface area (Å²) in [5, 5.41) is 4.53. The van der Waals surface area contributed by atoms with E-state index in [0.717, 1.165) is 23.9 Å². The van der Waals surface area contributed by atoms with Gasteiger partial charge >= 0.3 is 6.03 Å². The van der Waals surface area contributed by atoms with E-state index in [1.807, 2.05) is 23.2 Å². The number of amides is 2. The summed E-state index contributed by atoms with van der Waals surface area (Å²) in [4.78, 5) is 21.9. The fraction of sp³-hybridized carbons (Fsp3) is 0.333. The van der Waals surface area contributed by atoms with E-state index in [-0.39, 0.29) is 6.03 Å². The molecule has 1 fully saturated rings. The number of halogens is 1. The van der Waals surface area contributed by atoms with Crippen molar-refractivity contribution in [2.75, 3.05) is 36.4 Å². The second-order valence-corrected chi connectivity index (χ2v) is 6.82. The zero-order chi connectivity index (χ0) is 15.5. The Kier molecular flexibility index (Phi) is 4.49. The summed E-state index contributed by atoms with van der Waals surface area (Å²) in [6.07, 6.45) is 1.89. The fourth-order valence-electron chi connectivity index (χ4n) is 2.36. The Morgan fingerprint density at radius 3 is 2.73 bits per heavy atom. The first-order chi connectivity index (χ1) is 10.6. The molecular weight excluding hydrogens is 320 g/mol. The lowest BCUT2D eigenvalue weighted by Crippen LogP contribution is -2.50. The lowest BCUT2D eigenvalue weighted by Gasteiger charge is -2.34. The summed E-state index contributed by atoms with van der Waals surface area (Å²) >= 11 is 7.61. The van der Waals surface area contributed by atoms with E-state index in [0.29, 0.717) is 18.1 Å². The van der Waals surface area contributed by atoms with Gasteiger partial charge < -0.3 is 15.1 Å². The Morgan fingerprint density at radius 1 is 1.32 bits per heavy atom. The van der Waals surface area contributed by atoms with Gasteiger partial charge in [-0.3, -0.25) is 0 Å². The maximum Gasteiger partial charge on any atom is 0.321 e. The van der Waals surface area contributed by atoms with Gasteiger partial charge in [0, 0.05) is 48.0 Å². The third-order valence-electron chi connectivity index (χ3n) is 3.52. The Labute approximate surface area is 138 Å². The third kappa shape index (κ3) is 3.51. The Morgan fingerprint density at radius 2 is 2.09 bits per heavy atom. The van der Waals surface area contributed by atoms with Gasteiger partial charge in [-0.25, -0.2) is 9.78 Å². The lowest BCUT2D eigenvalue weighted by molar-refractivity contribution is 0.208. The molecule has 1 saturated heterocycles. The van der Waals surface area contributed by atoms with Crippen LogP contribution in [-0.4, -0.2) is 42.1 Å². The highest BCUT2D eigenvalue weighted by Gasteiger charge is 2.22. The number of hydrogen-bond acceptors (Lipinski definition) is 4. The van der Waals surface area contributed by atoms with Crippen LogP contribution in [0.25, 0.3) is 0 Å². The van der Waals surface area contributed by atoms with E-state index in [9.17, 15) is 4.79 Å². The number of nitrogens with zero attached hydrogens (tertiary/aromatic N) is 3. The maximum atomic E-state index is 12.3. The van der Waals surface area contributed by atoms with E-state index < -0.39 is 0 Å². The molecule has 2 aromatic rings. The highest BCUT2D eigenvalue weighted by molar-refractivity contribution is 7.15. The molecule has 7 heteroatoms. The molecule has 0 spiro atoms. The van der Waals surface area contributed by atoms with Crippen molar-refractivity contribution in [3.8, 4) is 0 Å². The second-order valence-electron chi connectivity index (χ2n) is 5.17. The number of hydrogen-bond donors (Lipinski definition) is 1. The Bertz CT molecular complexity index is 667. The number of anilines is 2. The van der Waals surface area contributed by atoms with Crippen LogP contribution in [0.2, 0.25) is 5.02 Å². The van der Waals surface area contributed by atoms with Gasteiger partial charge in [0.1, 0.15) is 0 Å². The van der Waals surface area contributed by atoms with Crippen molar-refractivity contribution in [1.29, 1.82) is 0 Å². The van der Waals surface area contributed by atoms with E-state index in [2.05, 4.69) is 22.1 Å². The predicted octanol–water partition coefficient (Wildman–Crippen LogP) is 3.46.